The van der Waals surface area contributed by atoms with Crippen LogP contribution in [0.4, 0.5) is 14.6 Å². The standard InChI is InChI=1S/C18H28N2O6S/c1-9-11-10-12(27-13(11)14(21)24-8)20(16(23)26-18(5,6)7)19-15(22)25-17(2,3)4/h10H,9H2,1-8H3,(H,19,22). The summed E-state index contributed by atoms with van der Waals surface area (Å²) in [5, 5.41) is 1.25. The molecular weight excluding hydrogens is 372 g/mol. The van der Waals surface area contributed by atoms with E-state index in [1.54, 1.807) is 47.6 Å². The van der Waals surface area contributed by atoms with Crippen molar-refractivity contribution in [2.45, 2.75) is 66.1 Å². The Hall–Kier alpha value is -2.29. The third-order valence-electron chi connectivity index (χ3n) is 2.95. The molecular formula is C18H28N2O6S. The van der Waals surface area contributed by atoms with Crippen LogP contribution in [0.25, 0.3) is 0 Å². The number of anilines is 1. The van der Waals surface area contributed by atoms with Crippen molar-refractivity contribution in [3.63, 3.8) is 0 Å². The monoisotopic (exact) mass is 400 g/mol. The first-order valence-electron chi connectivity index (χ1n) is 8.51. The number of aryl methyl sites for hydroxylation is 1. The van der Waals surface area contributed by atoms with E-state index < -0.39 is 29.4 Å². The van der Waals surface area contributed by atoms with E-state index >= 15 is 0 Å². The molecule has 0 aliphatic rings. The van der Waals surface area contributed by atoms with Gasteiger partial charge in [0.15, 0.2) is 0 Å². The fourth-order valence-corrected chi connectivity index (χ4v) is 3.07. The lowest BCUT2D eigenvalue weighted by Gasteiger charge is -2.27. The summed E-state index contributed by atoms with van der Waals surface area (Å²) in [7, 11) is 1.28. The van der Waals surface area contributed by atoms with Crippen LogP contribution in [0.3, 0.4) is 0 Å². The quantitative estimate of drug-likeness (QED) is 0.462. The van der Waals surface area contributed by atoms with E-state index in [-0.39, 0.29) is 0 Å². The van der Waals surface area contributed by atoms with Crippen molar-refractivity contribution >= 4 is 34.5 Å². The van der Waals surface area contributed by atoms with Crippen LogP contribution in [0.5, 0.6) is 0 Å². The molecule has 0 unspecified atom stereocenters. The highest BCUT2D eigenvalue weighted by molar-refractivity contribution is 7.18. The first-order chi connectivity index (χ1) is 12.3. The van der Waals surface area contributed by atoms with Gasteiger partial charge in [0.1, 0.15) is 21.1 Å². The molecule has 2 amide bonds. The summed E-state index contributed by atoms with van der Waals surface area (Å²) in [5.74, 6) is -0.510. The van der Waals surface area contributed by atoms with Crippen molar-refractivity contribution in [1.82, 2.24) is 5.43 Å². The number of thiophene rings is 1. The number of esters is 1. The molecule has 0 fully saturated rings. The molecule has 0 spiro atoms. The number of carbonyl (C=O) groups excluding carboxylic acids is 3. The summed E-state index contributed by atoms with van der Waals surface area (Å²) in [6.45, 7) is 12.1. The Balaban J connectivity index is 3.25. The maximum atomic E-state index is 12.6. The molecule has 1 aromatic rings. The summed E-state index contributed by atoms with van der Waals surface area (Å²) in [6.07, 6.45) is -1.07. The SMILES string of the molecule is CCc1cc(N(NC(=O)OC(C)(C)C)C(=O)OC(C)(C)C)sc1C(=O)OC. The summed E-state index contributed by atoms with van der Waals surface area (Å²) in [4.78, 5) is 37.2. The zero-order valence-corrected chi connectivity index (χ0v) is 17.9. The molecule has 1 heterocycles. The van der Waals surface area contributed by atoms with Crippen molar-refractivity contribution in [2.75, 3.05) is 12.1 Å². The predicted molar refractivity (Wildman–Crippen MR) is 103 cm³/mol. The van der Waals surface area contributed by atoms with Crippen molar-refractivity contribution in [3.05, 3.63) is 16.5 Å². The number of methoxy groups -OCH3 is 1. The highest BCUT2D eigenvalue weighted by atomic mass is 32.1. The van der Waals surface area contributed by atoms with E-state index in [4.69, 9.17) is 14.2 Å². The zero-order valence-electron chi connectivity index (χ0n) is 17.1. The lowest BCUT2D eigenvalue weighted by atomic mass is 10.2. The van der Waals surface area contributed by atoms with Crippen LogP contribution in [-0.2, 0) is 20.6 Å². The van der Waals surface area contributed by atoms with Gasteiger partial charge in [-0.25, -0.2) is 19.8 Å². The van der Waals surface area contributed by atoms with Gasteiger partial charge in [0, 0.05) is 0 Å². The van der Waals surface area contributed by atoms with E-state index in [2.05, 4.69) is 5.43 Å². The van der Waals surface area contributed by atoms with Gasteiger partial charge in [0.2, 0.25) is 0 Å². The van der Waals surface area contributed by atoms with Crippen LogP contribution >= 0.6 is 11.3 Å². The topological polar surface area (TPSA) is 94.2 Å². The van der Waals surface area contributed by atoms with E-state index in [9.17, 15) is 14.4 Å². The number of hydrogen-bond donors (Lipinski definition) is 1. The normalized spacial score (nSPS) is 11.6. The third-order valence-corrected chi connectivity index (χ3v) is 4.09. The molecule has 1 aromatic heterocycles. The predicted octanol–water partition coefficient (Wildman–Crippen LogP) is 4.28. The van der Waals surface area contributed by atoms with Gasteiger partial charge in [-0.3, -0.25) is 0 Å². The van der Waals surface area contributed by atoms with Crippen LogP contribution in [0, 0.1) is 0 Å². The van der Waals surface area contributed by atoms with Crippen LogP contribution < -0.4 is 10.4 Å². The molecule has 0 aliphatic heterocycles. The average Bonchev–Trinajstić information content (AvgIpc) is 2.92. The molecule has 1 rings (SSSR count). The summed E-state index contributed by atoms with van der Waals surface area (Å²) < 4.78 is 15.4. The van der Waals surface area contributed by atoms with E-state index in [0.29, 0.717) is 21.9 Å². The molecule has 0 saturated heterocycles. The molecule has 9 heteroatoms. The van der Waals surface area contributed by atoms with Gasteiger partial charge >= 0.3 is 18.2 Å². The minimum atomic E-state index is -0.820. The number of amides is 2. The highest BCUT2D eigenvalue weighted by Crippen LogP contribution is 2.31. The fourth-order valence-electron chi connectivity index (χ4n) is 1.94. The summed E-state index contributed by atoms with van der Waals surface area (Å²) in [6, 6.07) is 1.64. The minimum absolute atomic E-state index is 0.312. The van der Waals surface area contributed by atoms with Crippen molar-refractivity contribution in [2.24, 2.45) is 0 Å². The largest absolute Gasteiger partial charge is 0.465 e. The first kappa shape index (κ1) is 22.8. The van der Waals surface area contributed by atoms with Crippen molar-refractivity contribution in [3.8, 4) is 0 Å². The second-order valence-corrected chi connectivity index (χ2v) is 8.74. The highest BCUT2D eigenvalue weighted by Gasteiger charge is 2.30. The Labute approximate surface area is 163 Å². The van der Waals surface area contributed by atoms with Gasteiger partial charge in [-0.05, 0) is 59.6 Å². The summed E-state index contributed by atoms with van der Waals surface area (Å²) in [5.41, 5.74) is 1.56. The number of hydrazine groups is 1. The molecule has 0 aliphatic carbocycles. The van der Waals surface area contributed by atoms with Gasteiger partial charge in [-0.15, -0.1) is 11.3 Å². The lowest BCUT2D eigenvalue weighted by molar-refractivity contribution is 0.0426. The molecule has 0 saturated carbocycles. The maximum Gasteiger partial charge on any atom is 0.434 e. The smallest absolute Gasteiger partial charge is 0.434 e. The van der Waals surface area contributed by atoms with Crippen LogP contribution in [0.1, 0.15) is 63.7 Å². The van der Waals surface area contributed by atoms with Gasteiger partial charge in [-0.1, -0.05) is 6.92 Å². The van der Waals surface area contributed by atoms with Gasteiger partial charge < -0.3 is 14.2 Å². The van der Waals surface area contributed by atoms with E-state index in [1.807, 2.05) is 6.92 Å². The number of nitrogens with one attached hydrogen (secondary N) is 1. The fraction of sp³-hybridized carbons (Fsp3) is 0.611. The van der Waals surface area contributed by atoms with Gasteiger partial charge in [-0.2, -0.15) is 5.01 Å². The molecule has 27 heavy (non-hydrogen) atoms. The lowest BCUT2D eigenvalue weighted by Crippen LogP contribution is -2.49. The number of hydrogen-bond acceptors (Lipinski definition) is 7. The minimum Gasteiger partial charge on any atom is -0.465 e. The Morgan fingerprint density at radius 3 is 2.07 bits per heavy atom. The molecule has 0 bridgehead atoms. The first-order valence-corrected chi connectivity index (χ1v) is 9.32. The molecule has 1 N–H and O–H groups in total. The molecule has 0 atom stereocenters. The van der Waals surface area contributed by atoms with E-state index in [1.165, 1.54) is 7.11 Å². The van der Waals surface area contributed by atoms with Crippen molar-refractivity contribution in [1.29, 1.82) is 0 Å². The third kappa shape index (κ3) is 7.09. The average molecular weight is 400 g/mol. The second kappa shape index (κ2) is 8.60. The number of ether oxygens (including phenoxy) is 3. The van der Waals surface area contributed by atoms with Gasteiger partial charge in [0.25, 0.3) is 0 Å². The Morgan fingerprint density at radius 2 is 1.63 bits per heavy atom. The zero-order chi connectivity index (χ0) is 21.0. The number of nitrogens with zero attached hydrogens (tertiary/aromatic N) is 1. The molecule has 0 aromatic carbocycles. The van der Waals surface area contributed by atoms with Crippen LogP contribution in [0.15, 0.2) is 6.07 Å². The Kier molecular flexibility index (Phi) is 7.25. The molecule has 152 valence electrons. The maximum absolute atomic E-state index is 12.6. The van der Waals surface area contributed by atoms with E-state index in [0.717, 1.165) is 16.3 Å². The van der Waals surface area contributed by atoms with Crippen LogP contribution in [-0.4, -0.2) is 36.5 Å². The Bertz CT molecular complexity index is 700. The van der Waals surface area contributed by atoms with Crippen molar-refractivity contribution < 1.29 is 28.6 Å². The second-order valence-electron chi connectivity index (χ2n) is 7.71. The number of carbonyl (C=O) groups is 3. The summed E-state index contributed by atoms with van der Waals surface area (Å²) >= 11 is 1.02. The van der Waals surface area contributed by atoms with Gasteiger partial charge in [0.05, 0.1) is 7.11 Å². The van der Waals surface area contributed by atoms with Crippen LogP contribution in [0.2, 0.25) is 0 Å². The molecule has 0 radical (unpaired) electrons. The Morgan fingerprint density at radius 1 is 1.07 bits per heavy atom. The molecule has 8 nitrogen and oxygen atoms in total. The number of rotatable bonds is 3.